The minimum Gasteiger partial charge on any atom is -0.360 e. The first kappa shape index (κ1) is 17.8. The van der Waals surface area contributed by atoms with Gasteiger partial charge in [-0.15, -0.1) is 11.3 Å². The molecule has 0 unspecified atom stereocenters. The number of hydrogen-bond acceptors (Lipinski definition) is 5. The molecule has 1 fully saturated rings. The molecule has 0 radical (unpaired) electrons. The van der Waals surface area contributed by atoms with Crippen molar-refractivity contribution in [2.75, 3.05) is 36.4 Å². The summed E-state index contributed by atoms with van der Waals surface area (Å²) in [6, 6.07) is 13.9. The van der Waals surface area contributed by atoms with Crippen LogP contribution < -0.4 is 15.5 Å². The number of nitrogens with one attached hydrogen (secondary N) is 2. The molecule has 1 amide bonds. The van der Waals surface area contributed by atoms with Crippen LogP contribution in [0.1, 0.15) is 10.4 Å². The third-order valence-corrected chi connectivity index (χ3v) is 5.80. The molecule has 29 heavy (non-hydrogen) atoms. The molecular formula is C21H21N6OS+. The fourth-order valence-electron chi connectivity index (χ4n) is 3.73. The number of aromatic nitrogens is 3. The van der Waals surface area contributed by atoms with E-state index in [1.165, 1.54) is 17.0 Å². The van der Waals surface area contributed by atoms with Crippen molar-refractivity contribution in [2.45, 2.75) is 0 Å². The zero-order valence-corrected chi connectivity index (χ0v) is 16.6. The van der Waals surface area contributed by atoms with Gasteiger partial charge in [0, 0.05) is 22.8 Å². The Bertz CT molecular complexity index is 1150. The van der Waals surface area contributed by atoms with E-state index in [-0.39, 0.29) is 5.91 Å². The summed E-state index contributed by atoms with van der Waals surface area (Å²) in [7, 11) is 0. The molecule has 146 valence electrons. The van der Waals surface area contributed by atoms with Crippen molar-refractivity contribution in [1.29, 1.82) is 0 Å². The third-order valence-electron chi connectivity index (χ3n) is 5.12. The highest BCUT2D eigenvalue weighted by atomic mass is 32.1. The summed E-state index contributed by atoms with van der Waals surface area (Å²) in [6.07, 6.45) is 1.67. The van der Waals surface area contributed by atoms with Crippen LogP contribution in [0.3, 0.4) is 0 Å². The number of thiazole rings is 1. The monoisotopic (exact) mass is 405 g/mol. The molecule has 2 aromatic carbocycles. The lowest BCUT2D eigenvalue weighted by Gasteiger charge is -2.28. The van der Waals surface area contributed by atoms with Crippen molar-refractivity contribution < 1.29 is 10.1 Å². The lowest BCUT2D eigenvalue weighted by molar-refractivity contribution is -0.655. The van der Waals surface area contributed by atoms with Crippen LogP contribution in [0.15, 0.2) is 54.0 Å². The molecule has 0 saturated carbocycles. The smallest absolute Gasteiger partial charge is 0.259 e. The van der Waals surface area contributed by atoms with Crippen LogP contribution >= 0.6 is 11.3 Å². The summed E-state index contributed by atoms with van der Waals surface area (Å²) in [4.78, 5) is 27.5. The molecule has 4 N–H and O–H groups in total. The normalized spacial score (nSPS) is 14.3. The number of amides is 1. The van der Waals surface area contributed by atoms with Gasteiger partial charge in [-0.2, -0.15) is 0 Å². The summed E-state index contributed by atoms with van der Waals surface area (Å²) in [5, 5.41) is 7.60. The Labute approximate surface area is 171 Å². The Hall–Kier alpha value is -3.23. The summed E-state index contributed by atoms with van der Waals surface area (Å²) >= 11 is 1.39. The molecule has 8 heteroatoms. The van der Waals surface area contributed by atoms with E-state index in [4.69, 9.17) is 4.98 Å². The number of carbonyl (C=O) groups excluding carboxylic acids is 1. The van der Waals surface area contributed by atoms with Gasteiger partial charge in [-0.05, 0) is 24.3 Å². The maximum atomic E-state index is 12.8. The van der Waals surface area contributed by atoms with Crippen molar-refractivity contribution >= 4 is 39.1 Å². The lowest BCUT2D eigenvalue weighted by Crippen LogP contribution is -2.89. The number of para-hydroxylation sites is 2. The van der Waals surface area contributed by atoms with Crippen molar-refractivity contribution in [3.63, 3.8) is 0 Å². The maximum absolute atomic E-state index is 12.8. The van der Waals surface area contributed by atoms with Gasteiger partial charge in [0.25, 0.3) is 5.91 Å². The van der Waals surface area contributed by atoms with Gasteiger partial charge in [0.05, 0.1) is 37.3 Å². The number of carbonyl (C=O) groups is 1. The second kappa shape index (κ2) is 7.65. The van der Waals surface area contributed by atoms with E-state index in [0.717, 1.165) is 43.1 Å². The number of rotatable bonds is 4. The summed E-state index contributed by atoms with van der Waals surface area (Å²) in [6.45, 7) is 4.21. The van der Waals surface area contributed by atoms with E-state index in [1.807, 2.05) is 23.6 Å². The molecule has 5 rings (SSSR count). The van der Waals surface area contributed by atoms with Gasteiger partial charge in [-0.3, -0.25) is 10.1 Å². The average Bonchev–Trinajstić information content (AvgIpc) is 3.43. The van der Waals surface area contributed by atoms with E-state index >= 15 is 0 Å². The van der Waals surface area contributed by atoms with E-state index < -0.39 is 0 Å². The maximum Gasteiger partial charge on any atom is 0.259 e. The number of H-pyrrole nitrogens is 1. The number of benzene rings is 2. The Kier molecular flexibility index (Phi) is 4.71. The highest BCUT2D eigenvalue weighted by Crippen LogP contribution is 2.31. The molecule has 0 bridgehead atoms. The Morgan fingerprint density at radius 1 is 1.14 bits per heavy atom. The molecule has 2 aromatic heterocycles. The average molecular weight is 406 g/mol. The molecule has 1 aliphatic heterocycles. The van der Waals surface area contributed by atoms with Gasteiger partial charge in [-0.1, -0.05) is 18.2 Å². The fraction of sp³-hybridized carbons (Fsp3) is 0.190. The fourth-order valence-corrected chi connectivity index (χ4v) is 4.26. The first-order valence-electron chi connectivity index (χ1n) is 9.65. The molecule has 1 aliphatic rings. The first-order valence-corrected chi connectivity index (χ1v) is 10.5. The first-order chi connectivity index (χ1) is 14.3. The molecule has 3 heterocycles. The Morgan fingerprint density at radius 3 is 2.83 bits per heavy atom. The number of quaternary nitrogens is 1. The van der Waals surface area contributed by atoms with Crippen molar-refractivity contribution in [3.05, 3.63) is 59.6 Å². The highest BCUT2D eigenvalue weighted by Gasteiger charge is 2.20. The predicted molar refractivity (Wildman–Crippen MR) is 115 cm³/mol. The molecule has 0 aliphatic carbocycles. The standard InChI is InChI=1S/C21H20N6OS/c28-20(26-21-23-10-13-29-21)15-5-3-6-16-18(15)25-19(24-16)14-4-1-2-7-17(14)27-11-8-22-9-12-27/h1-7,10,13,22H,8-9,11-12H2,(H,24,25)(H,23,26,28)/p+1. The zero-order valence-electron chi connectivity index (χ0n) is 15.8. The number of hydrogen-bond donors (Lipinski definition) is 3. The van der Waals surface area contributed by atoms with E-state index in [2.05, 4.69) is 43.7 Å². The Balaban J connectivity index is 1.54. The molecule has 1 saturated heterocycles. The highest BCUT2D eigenvalue weighted by molar-refractivity contribution is 7.13. The van der Waals surface area contributed by atoms with Gasteiger partial charge in [-0.25, -0.2) is 9.97 Å². The van der Waals surface area contributed by atoms with Crippen LogP contribution in [0, 0.1) is 0 Å². The van der Waals surface area contributed by atoms with Gasteiger partial charge in [0.1, 0.15) is 11.3 Å². The van der Waals surface area contributed by atoms with E-state index in [0.29, 0.717) is 16.2 Å². The molecule has 4 aromatic rings. The summed E-state index contributed by atoms with van der Waals surface area (Å²) in [5.41, 5.74) is 4.27. The number of nitrogens with zero attached hydrogens (tertiary/aromatic N) is 3. The Morgan fingerprint density at radius 2 is 2.00 bits per heavy atom. The summed E-state index contributed by atoms with van der Waals surface area (Å²) in [5.74, 6) is 0.572. The number of anilines is 2. The van der Waals surface area contributed by atoms with Crippen LogP contribution in [0.25, 0.3) is 22.4 Å². The minimum absolute atomic E-state index is 0.205. The van der Waals surface area contributed by atoms with Gasteiger partial charge in [0.2, 0.25) is 0 Å². The largest absolute Gasteiger partial charge is 0.360 e. The van der Waals surface area contributed by atoms with Crippen LogP contribution in [0.4, 0.5) is 10.8 Å². The number of fused-ring (bicyclic) bond motifs is 1. The number of piperazine rings is 1. The predicted octanol–water partition coefficient (Wildman–Crippen LogP) is 2.32. The topological polar surface area (TPSA) is 90.5 Å². The SMILES string of the molecule is O=C(Nc1nccs1)c1cccc2[nH]c(-c3ccccc3N3CC[NH2+]CC3)nc12. The van der Waals surface area contributed by atoms with Gasteiger partial charge < -0.3 is 15.2 Å². The molecule has 0 atom stereocenters. The molecule has 7 nitrogen and oxygen atoms in total. The quantitative estimate of drug-likeness (QED) is 0.486. The van der Waals surface area contributed by atoms with Gasteiger partial charge >= 0.3 is 0 Å². The van der Waals surface area contributed by atoms with E-state index in [9.17, 15) is 4.79 Å². The second-order valence-corrected chi connectivity index (χ2v) is 7.84. The molecule has 0 spiro atoms. The number of nitrogens with two attached hydrogens (primary N) is 1. The lowest BCUT2D eigenvalue weighted by atomic mass is 10.1. The van der Waals surface area contributed by atoms with Crippen molar-refractivity contribution in [2.24, 2.45) is 0 Å². The van der Waals surface area contributed by atoms with E-state index in [1.54, 1.807) is 12.3 Å². The van der Waals surface area contributed by atoms with Crippen LogP contribution in [-0.2, 0) is 0 Å². The second-order valence-electron chi connectivity index (χ2n) is 6.95. The van der Waals surface area contributed by atoms with Gasteiger partial charge in [0.15, 0.2) is 5.13 Å². The number of aromatic amines is 1. The minimum atomic E-state index is -0.205. The van der Waals surface area contributed by atoms with Crippen molar-refractivity contribution in [3.8, 4) is 11.4 Å². The van der Waals surface area contributed by atoms with Crippen LogP contribution in [0.5, 0.6) is 0 Å². The third kappa shape index (κ3) is 3.48. The van der Waals surface area contributed by atoms with Crippen LogP contribution in [0.2, 0.25) is 0 Å². The molecular weight excluding hydrogens is 384 g/mol. The summed E-state index contributed by atoms with van der Waals surface area (Å²) < 4.78 is 0. The number of imidazole rings is 1. The van der Waals surface area contributed by atoms with Crippen molar-refractivity contribution in [1.82, 2.24) is 15.0 Å². The zero-order chi connectivity index (χ0) is 19.6. The van der Waals surface area contributed by atoms with Crippen LogP contribution in [-0.4, -0.2) is 47.0 Å².